The second-order valence-corrected chi connectivity index (χ2v) is 7.34. The van der Waals surface area contributed by atoms with E-state index in [1.807, 2.05) is 4.57 Å². The number of nitrogens with one attached hydrogen (secondary N) is 1. The molecule has 0 radical (unpaired) electrons. The number of aryl methyl sites for hydroxylation is 1. The van der Waals surface area contributed by atoms with Gasteiger partial charge in [-0.2, -0.15) is 4.39 Å². The van der Waals surface area contributed by atoms with E-state index in [0.717, 1.165) is 50.2 Å². The van der Waals surface area contributed by atoms with Gasteiger partial charge in [0.1, 0.15) is 5.82 Å². The second kappa shape index (κ2) is 7.81. The number of hydrogen-bond donors (Lipinski definition) is 1. The van der Waals surface area contributed by atoms with E-state index in [0.29, 0.717) is 5.16 Å². The van der Waals surface area contributed by atoms with Crippen LogP contribution in [0.2, 0.25) is 0 Å². The molecule has 138 valence electrons. The summed E-state index contributed by atoms with van der Waals surface area (Å²) in [6.45, 7) is 2.55. The number of carbonyl (C=O) groups is 1. The average Bonchev–Trinajstić information content (AvgIpc) is 2.83. The predicted octanol–water partition coefficient (Wildman–Crippen LogP) is 3.17. The molecule has 1 N–H and O–H groups in total. The second-order valence-electron chi connectivity index (χ2n) is 6.03. The number of nitro groups is 1. The first-order valence-corrected chi connectivity index (χ1v) is 9.17. The Morgan fingerprint density at radius 3 is 2.96 bits per heavy atom. The molecule has 0 fully saturated rings. The number of anilines is 1. The van der Waals surface area contributed by atoms with Crippen molar-refractivity contribution in [1.82, 2.24) is 14.8 Å². The van der Waals surface area contributed by atoms with Crippen molar-refractivity contribution in [3.8, 4) is 0 Å². The van der Waals surface area contributed by atoms with Crippen LogP contribution in [0.5, 0.6) is 0 Å². The van der Waals surface area contributed by atoms with Gasteiger partial charge < -0.3 is 9.88 Å². The summed E-state index contributed by atoms with van der Waals surface area (Å²) in [5.74, 6) is -0.352. The highest BCUT2D eigenvalue weighted by Crippen LogP contribution is 2.27. The third kappa shape index (κ3) is 4.01. The van der Waals surface area contributed by atoms with Crippen LogP contribution >= 0.6 is 11.8 Å². The third-order valence-corrected chi connectivity index (χ3v) is 5.22. The molecule has 3 rings (SSSR count). The molecule has 1 aromatic heterocycles. The van der Waals surface area contributed by atoms with Crippen LogP contribution in [-0.2, 0) is 17.8 Å². The number of hydrogen-bond acceptors (Lipinski definition) is 6. The van der Waals surface area contributed by atoms with Gasteiger partial charge in [0.25, 0.3) is 0 Å². The van der Waals surface area contributed by atoms with Crippen LogP contribution in [0.1, 0.15) is 32.0 Å². The first kappa shape index (κ1) is 18.3. The summed E-state index contributed by atoms with van der Waals surface area (Å²) in [6, 6.07) is 3.26. The fourth-order valence-corrected chi connectivity index (χ4v) is 3.63. The number of halogens is 1. The summed E-state index contributed by atoms with van der Waals surface area (Å²) < 4.78 is 15.4. The van der Waals surface area contributed by atoms with Gasteiger partial charge in [0.15, 0.2) is 5.16 Å². The zero-order valence-electron chi connectivity index (χ0n) is 14.1. The molecule has 0 saturated heterocycles. The lowest BCUT2D eigenvalue weighted by Gasteiger charge is -2.12. The van der Waals surface area contributed by atoms with E-state index in [1.54, 1.807) is 6.92 Å². The standard InChI is InChI=1S/C16H18FN5O3S/c1-10(26-16-20-19-14-5-3-2-4-8-21(14)16)15(23)18-11-6-7-12(17)13(9-11)22(24)25/h6-7,9-10H,2-5,8H2,1H3,(H,18,23)/t10-/m1/s1. The fourth-order valence-electron chi connectivity index (χ4n) is 2.73. The Hall–Kier alpha value is -2.49. The molecule has 0 bridgehead atoms. The Kier molecular flexibility index (Phi) is 5.50. The van der Waals surface area contributed by atoms with E-state index in [2.05, 4.69) is 15.5 Å². The van der Waals surface area contributed by atoms with Crippen LogP contribution in [-0.4, -0.2) is 30.8 Å². The smallest absolute Gasteiger partial charge is 0.306 e. The largest absolute Gasteiger partial charge is 0.325 e. The maximum absolute atomic E-state index is 13.4. The highest BCUT2D eigenvalue weighted by molar-refractivity contribution is 8.00. The van der Waals surface area contributed by atoms with Crippen molar-refractivity contribution in [3.63, 3.8) is 0 Å². The molecule has 1 aliphatic heterocycles. The lowest BCUT2D eigenvalue weighted by atomic mass is 10.2. The lowest BCUT2D eigenvalue weighted by molar-refractivity contribution is -0.387. The summed E-state index contributed by atoms with van der Waals surface area (Å²) in [7, 11) is 0. The zero-order chi connectivity index (χ0) is 18.7. The molecule has 26 heavy (non-hydrogen) atoms. The van der Waals surface area contributed by atoms with Crippen molar-refractivity contribution in [2.75, 3.05) is 5.32 Å². The Balaban J connectivity index is 1.68. The fraction of sp³-hybridized carbons (Fsp3) is 0.438. The zero-order valence-corrected chi connectivity index (χ0v) is 15.0. The quantitative estimate of drug-likeness (QED) is 0.486. The first-order valence-electron chi connectivity index (χ1n) is 8.29. The molecule has 0 saturated carbocycles. The van der Waals surface area contributed by atoms with Crippen LogP contribution < -0.4 is 5.32 Å². The number of benzene rings is 1. The molecule has 8 nitrogen and oxygen atoms in total. The van der Waals surface area contributed by atoms with Crippen molar-refractivity contribution < 1.29 is 14.1 Å². The molecule has 2 heterocycles. The number of aromatic nitrogens is 3. The van der Waals surface area contributed by atoms with Crippen LogP contribution in [0.4, 0.5) is 15.8 Å². The molecule has 1 amide bonds. The van der Waals surface area contributed by atoms with E-state index in [9.17, 15) is 19.3 Å². The lowest BCUT2D eigenvalue weighted by Crippen LogP contribution is -2.23. The van der Waals surface area contributed by atoms with Gasteiger partial charge in [-0.25, -0.2) is 0 Å². The van der Waals surface area contributed by atoms with Crippen molar-refractivity contribution in [2.45, 2.75) is 49.6 Å². The SMILES string of the molecule is C[C@@H](Sc1nnc2n1CCCCC2)C(=O)Nc1ccc(F)c([N+](=O)[O-])c1. The van der Waals surface area contributed by atoms with E-state index in [-0.39, 0.29) is 11.6 Å². The molecule has 0 aliphatic carbocycles. The summed E-state index contributed by atoms with van der Waals surface area (Å²) in [4.78, 5) is 22.4. The van der Waals surface area contributed by atoms with Crippen LogP contribution in [0.3, 0.4) is 0 Å². The van der Waals surface area contributed by atoms with E-state index in [4.69, 9.17) is 0 Å². The molecule has 0 spiro atoms. The number of nitro benzene ring substituents is 1. The summed E-state index contributed by atoms with van der Waals surface area (Å²) in [6.07, 6.45) is 4.17. The molecule has 0 unspecified atom stereocenters. The van der Waals surface area contributed by atoms with Gasteiger partial charge in [0, 0.05) is 24.7 Å². The van der Waals surface area contributed by atoms with Gasteiger partial charge in [-0.05, 0) is 31.9 Å². The van der Waals surface area contributed by atoms with Gasteiger partial charge in [-0.15, -0.1) is 10.2 Å². The molecule has 1 aliphatic rings. The predicted molar refractivity (Wildman–Crippen MR) is 94.6 cm³/mol. The van der Waals surface area contributed by atoms with E-state index in [1.165, 1.54) is 17.8 Å². The molecule has 10 heteroatoms. The van der Waals surface area contributed by atoms with Gasteiger partial charge in [-0.3, -0.25) is 14.9 Å². The maximum atomic E-state index is 13.4. The van der Waals surface area contributed by atoms with E-state index < -0.39 is 21.7 Å². The maximum Gasteiger partial charge on any atom is 0.306 e. The number of rotatable bonds is 5. The molecule has 1 atom stereocenters. The van der Waals surface area contributed by atoms with Crippen LogP contribution in [0, 0.1) is 15.9 Å². The van der Waals surface area contributed by atoms with Gasteiger partial charge in [0.05, 0.1) is 10.2 Å². The Labute approximate surface area is 153 Å². The third-order valence-electron chi connectivity index (χ3n) is 4.14. The van der Waals surface area contributed by atoms with Crippen LogP contribution in [0.15, 0.2) is 23.4 Å². The molecule has 2 aromatic rings. The minimum Gasteiger partial charge on any atom is -0.325 e. The minimum atomic E-state index is -0.943. The summed E-state index contributed by atoms with van der Waals surface area (Å²) in [5.41, 5.74) is -0.499. The molecule has 1 aromatic carbocycles. The molecular weight excluding hydrogens is 361 g/mol. The number of amides is 1. The topological polar surface area (TPSA) is 103 Å². The Morgan fingerprint density at radius 1 is 1.38 bits per heavy atom. The van der Waals surface area contributed by atoms with Crippen molar-refractivity contribution in [2.24, 2.45) is 0 Å². The number of carbonyl (C=O) groups excluding carboxylic acids is 1. The number of thioether (sulfide) groups is 1. The number of fused-ring (bicyclic) bond motifs is 1. The van der Waals surface area contributed by atoms with Gasteiger partial charge >= 0.3 is 5.69 Å². The van der Waals surface area contributed by atoms with Crippen molar-refractivity contribution in [1.29, 1.82) is 0 Å². The van der Waals surface area contributed by atoms with Gasteiger partial charge in [0.2, 0.25) is 11.7 Å². The average molecular weight is 379 g/mol. The normalized spacial score (nSPS) is 15.0. The monoisotopic (exact) mass is 379 g/mol. The van der Waals surface area contributed by atoms with E-state index >= 15 is 0 Å². The van der Waals surface area contributed by atoms with Crippen molar-refractivity contribution in [3.05, 3.63) is 40.0 Å². The van der Waals surface area contributed by atoms with Crippen molar-refractivity contribution >= 4 is 29.0 Å². The Morgan fingerprint density at radius 2 is 2.19 bits per heavy atom. The van der Waals surface area contributed by atoms with Gasteiger partial charge in [-0.1, -0.05) is 18.2 Å². The highest BCUT2D eigenvalue weighted by Gasteiger charge is 2.22. The molecular formula is C16H18FN5O3S. The summed E-state index contributed by atoms with van der Waals surface area (Å²) >= 11 is 1.28. The number of nitrogens with zero attached hydrogens (tertiary/aromatic N) is 4. The highest BCUT2D eigenvalue weighted by atomic mass is 32.2. The first-order chi connectivity index (χ1) is 12.5. The van der Waals surface area contributed by atoms with Crippen LogP contribution in [0.25, 0.3) is 0 Å². The minimum absolute atomic E-state index is 0.177. The Bertz CT molecular complexity index is 841. The summed E-state index contributed by atoms with van der Waals surface area (Å²) in [5, 5.41) is 22.0.